The minimum atomic E-state index is -0.553. The van der Waals surface area contributed by atoms with Crippen LogP contribution in [0.2, 0.25) is 0 Å². The number of pyridine rings is 1. The molecule has 0 unspecified atom stereocenters. The summed E-state index contributed by atoms with van der Waals surface area (Å²) in [6.07, 6.45) is 1.31. The molecule has 1 aromatic heterocycles. The van der Waals surface area contributed by atoms with E-state index in [1.807, 2.05) is 0 Å². The highest BCUT2D eigenvalue weighted by molar-refractivity contribution is 5.95. The van der Waals surface area contributed by atoms with Crippen LogP contribution in [0.5, 0.6) is 0 Å². The van der Waals surface area contributed by atoms with E-state index in [2.05, 4.69) is 20.5 Å². The van der Waals surface area contributed by atoms with Gasteiger partial charge in [-0.25, -0.2) is 0 Å². The van der Waals surface area contributed by atoms with Gasteiger partial charge in [0.2, 0.25) is 5.91 Å². The average molecular weight is 277 g/mol. The van der Waals surface area contributed by atoms with Gasteiger partial charge in [-0.2, -0.15) is 0 Å². The molecular formula is C13H19N5O2. The topological polar surface area (TPSA) is 100 Å². The fraction of sp³-hybridized carbons (Fsp3) is 0.462. The van der Waals surface area contributed by atoms with E-state index < -0.39 is 5.91 Å². The van der Waals surface area contributed by atoms with E-state index in [0.717, 1.165) is 32.7 Å². The van der Waals surface area contributed by atoms with Gasteiger partial charge in [-0.1, -0.05) is 0 Å². The lowest BCUT2D eigenvalue weighted by Crippen LogP contribution is -2.46. The van der Waals surface area contributed by atoms with Gasteiger partial charge in [0.25, 0.3) is 5.91 Å². The molecule has 0 radical (unpaired) electrons. The van der Waals surface area contributed by atoms with Crippen LogP contribution in [0.25, 0.3) is 0 Å². The molecular weight excluding hydrogens is 258 g/mol. The Balaban J connectivity index is 1.77. The van der Waals surface area contributed by atoms with E-state index in [-0.39, 0.29) is 11.6 Å². The van der Waals surface area contributed by atoms with Crippen molar-refractivity contribution in [2.24, 2.45) is 5.73 Å². The van der Waals surface area contributed by atoms with E-state index in [9.17, 15) is 9.59 Å². The minimum Gasteiger partial charge on any atom is -0.366 e. The van der Waals surface area contributed by atoms with Gasteiger partial charge >= 0.3 is 0 Å². The number of piperazine rings is 1. The number of nitrogens with one attached hydrogen (secondary N) is 2. The van der Waals surface area contributed by atoms with Crippen LogP contribution in [0, 0.1) is 0 Å². The zero-order chi connectivity index (χ0) is 14.4. The Labute approximate surface area is 117 Å². The Bertz CT molecular complexity index is 468. The number of nitrogens with two attached hydrogens (primary N) is 1. The van der Waals surface area contributed by atoms with Gasteiger partial charge in [0, 0.05) is 45.5 Å². The summed E-state index contributed by atoms with van der Waals surface area (Å²) in [5.41, 5.74) is 5.69. The molecule has 20 heavy (non-hydrogen) atoms. The largest absolute Gasteiger partial charge is 0.366 e. The second-order valence-corrected chi connectivity index (χ2v) is 4.64. The van der Waals surface area contributed by atoms with Crippen LogP contribution >= 0.6 is 0 Å². The van der Waals surface area contributed by atoms with Crippen molar-refractivity contribution in [3.63, 3.8) is 0 Å². The van der Waals surface area contributed by atoms with Gasteiger partial charge in [-0.3, -0.25) is 19.5 Å². The summed E-state index contributed by atoms with van der Waals surface area (Å²) >= 11 is 0. The van der Waals surface area contributed by atoms with Crippen molar-refractivity contribution < 1.29 is 9.59 Å². The Hall–Kier alpha value is -1.99. The van der Waals surface area contributed by atoms with Gasteiger partial charge in [0.05, 0.1) is 5.56 Å². The highest BCUT2D eigenvalue weighted by atomic mass is 16.2. The Morgan fingerprint density at radius 2 is 2.10 bits per heavy atom. The predicted molar refractivity (Wildman–Crippen MR) is 74.4 cm³/mol. The number of rotatable bonds is 5. The number of carbonyl (C=O) groups excluding carboxylic acids is 2. The third-order valence-electron chi connectivity index (χ3n) is 3.20. The number of hydrogen-bond acceptors (Lipinski definition) is 5. The molecule has 0 bridgehead atoms. The summed E-state index contributed by atoms with van der Waals surface area (Å²) in [6.45, 7) is 5.39. The number of nitrogens with zero attached hydrogens (tertiary/aromatic N) is 2. The standard InChI is InChI=1S/C13H19N5O2/c14-12(19)10-1-2-11(17-9-10)13(20)16-5-8-18-6-3-15-4-7-18/h1-2,9,15H,3-8H2,(H2,14,19)(H,16,20). The highest BCUT2D eigenvalue weighted by Gasteiger charge is 2.11. The molecule has 1 aliphatic heterocycles. The first-order valence-corrected chi connectivity index (χ1v) is 6.64. The molecule has 0 atom stereocenters. The lowest BCUT2D eigenvalue weighted by Gasteiger charge is -2.27. The normalized spacial score (nSPS) is 15.8. The third-order valence-corrected chi connectivity index (χ3v) is 3.20. The predicted octanol–water partition coefficient (Wildman–Crippen LogP) is -1.18. The van der Waals surface area contributed by atoms with Crippen molar-refractivity contribution in [3.8, 4) is 0 Å². The Morgan fingerprint density at radius 1 is 1.35 bits per heavy atom. The zero-order valence-electron chi connectivity index (χ0n) is 11.3. The Kier molecular flexibility index (Phi) is 5.03. The minimum absolute atomic E-state index is 0.240. The Morgan fingerprint density at radius 3 is 2.70 bits per heavy atom. The lowest BCUT2D eigenvalue weighted by atomic mass is 10.2. The summed E-state index contributed by atoms with van der Waals surface area (Å²) in [6, 6.07) is 3.00. The summed E-state index contributed by atoms with van der Waals surface area (Å²) in [4.78, 5) is 29.0. The van der Waals surface area contributed by atoms with E-state index in [0.29, 0.717) is 12.1 Å². The van der Waals surface area contributed by atoms with Gasteiger partial charge in [0.1, 0.15) is 5.69 Å². The molecule has 0 aromatic carbocycles. The van der Waals surface area contributed by atoms with Crippen molar-refractivity contribution in [1.29, 1.82) is 0 Å². The molecule has 1 saturated heterocycles. The molecule has 7 nitrogen and oxygen atoms in total. The van der Waals surface area contributed by atoms with Crippen LogP contribution in [0.4, 0.5) is 0 Å². The van der Waals surface area contributed by atoms with Crippen LogP contribution in [0.15, 0.2) is 18.3 Å². The van der Waals surface area contributed by atoms with E-state index in [1.54, 1.807) is 0 Å². The molecule has 2 heterocycles. The number of carbonyl (C=O) groups is 2. The van der Waals surface area contributed by atoms with Crippen molar-refractivity contribution in [2.45, 2.75) is 0 Å². The molecule has 7 heteroatoms. The van der Waals surface area contributed by atoms with Gasteiger partial charge < -0.3 is 16.4 Å². The first-order valence-electron chi connectivity index (χ1n) is 6.64. The van der Waals surface area contributed by atoms with Crippen molar-refractivity contribution in [3.05, 3.63) is 29.6 Å². The second kappa shape index (κ2) is 6.97. The molecule has 0 spiro atoms. The molecule has 0 saturated carbocycles. The third kappa shape index (κ3) is 4.01. The zero-order valence-corrected chi connectivity index (χ0v) is 11.3. The van der Waals surface area contributed by atoms with Gasteiger partial charge in [0.15, 0.2) is 0 Å². The van der Waals surface area contributed by atoms with Crippen molar-refractivity contribution >= 4 is 11.8 Å². The molecule has 2 rings (SSSR count). The fourth-order valence-electron chi connectivity index (χ4n) is 2.03. The van der Waals surface area contributed by atoms with Crippen molar-refractivity contribution in [2.75, 3.05) is 39.3 Å². The molecule has 108 valence electrons. The average Bonchev–Trinajstić information content (AvgIpc) is 2.48. The molecule has 2 amide bonds. The number of aromatic nitrogens is 1. The van der Waals surface area contributed by atoms with E-state index in [1.165, 1.54) is 18.3 Å². The SMILES string of the molecule is NC(=O)c1ccc(C(=O)NCCN2CCNCC2)nc1. The van der Waals surface area contributed by atoms with Crippen LogP contribution in [0.1, 0.15) is 20.8 Å². The summed E-state index contributed by atoms with van der Waals surface area (Å²) < 4.78 is 0. The smallest absolute Gasteiger partial charge is 0.269 e. The molecule has 0 aliphatic carbocycles. The summed E-state index contributed by atoms with van der Waals surface area (Å²) in [7, 11) is 0. The summed E-state index contributed by atoms with van der Waals surface area (Å²) in [5.74, 6) is -0.792. The van der Waals surface area contributed by atoms with E-state index in [4.69, 9.17) is 5.73 Å². The van der Waals surface area contributed by atoms with Gasteiger partial charge in [-0.05, 0) is 12.1 Å². The first-order chi connectivity index (χ1) is 9.66. The number of amides is 2. The lowest BCUT2D eigenvalue weighted by molar-refractivity contribution is 0.0939. The molecule has 4 N–H and O–H groups in total. The number of hydrogen-bond donors (Lipinski definition) is 3. The maximum Gasteiger partial charge on any atom is 0.269 e. The molecule has 1 fully saturated rings. The monoisotopic (exact) mass is 277 g/mol. The molecule has 1 aliphatic rings. The second-order valence-electron chi connectivity index (χ2n) is 4.64. The van der Waals surface area contributed by atoms with Crippen LogP contribution in [-0.4, -0.2) is 61.0 Å². The number of primary amides is 1. The van der Waals surface area contributed by atoms with E-state index >= 15 is 0 Å². The van der Waals surface area contributed by atoms with Crippen LogP contribution in [-0.2, 0) is 0 Å². The summed E-state index contributed by atoms with van der Waals surface area (Å²) in [5, 5.41) is 6.09. The fourth-order valence-corrected chi connectivity index (χ4v) is 2.03. The maximum atomic E-state index is 11.8. The van der Waals surface area contributed by atoms with Crippen LogP contribution in [0.3, 0.4) is 0 Å². The highest BCUT2D eigenvalue weighted by Crippen LogP contribution is 1.99. The quantitative estimate of drug-likeness (QED) is 0.629. The maximum absolute atomic E-state index is 11.8. The van der Waals surface area contributed by atoms with Crippen molar-refractivity contribution in [1.82, 2.24) is 20.5 Å². The molecule has 1 aromatic rings. The first kappa shape index (κ1) is 14.4. The van der Waals surface area contributed by atoms with Gasteiger partial charge in [-0.15, -0.1) is 0 Å². The van der Waals surface area contributed by atoms with Crippen LogP contribution < -0.4 is 16.4 Å².